The standard InChI is InChI=1S/C14H16ClN3O2/c1-14(2,16)10-7-11(17-18-13(10)19)9-6-8(15)4-5-12(9)20-3/h4-7H,16H2,1-3H3,(H,18,19). The van der Waals surface area contributed by atoms with Crippen molar-refractivity contribution in [3.8, 4) is 17.0 Å². The Hall–Kier alpha value is -1.85. The average molecular weight is 294 g/mol. The molecule has 1 aromatic heterocycles. The Morgan fingerprint density at radius 1 is 1.35 bits per heavy atom. The van der Waals surface area contributed by atoms with E-state index < -0.39 is 5.54 Å². The predicted molar refractivity (Wildman–Crippen MR) is 79.1 cm³/mol. The molecule has 0 aliphatic heterocycles. The largest absolute Gasteiger partial charge is 0.496 e. The number of methoxy groups -OCH3 is 1. The normalized spacial score (nSPS) is 11.4. The Morgan fingerprint density at radius 2 is 2.05 bits per heavy atom. The van der Waals surface area contributed by atoms with Crippen molar-refractivity contribution in [2.45, 2.75) is 19.4 Å². The summed E-state index contributed by atoms with van der Waals surface area (Å²) in [6.45, 7) is 3.52. The van der Waals surface area contributed by atoms with E-state index in [9.17, 15) is 4.79 Å². The van der Waals surface area contributed by atoms with Crippen molar-refractivity contribution >= 4 is 11.6 Å². The third-order valence-electron chi connectivity index (χ3n) is 2.94. The monoisotopic (exact) mass is 293 g/mol. The fourth-order valence-electron chi connectivity index (χ4n) is 1.90. The minimum atomic E-state index is -0.767. The maximum atomic E-state index is 11.8. The lowest BCUT2D eigenvalue weighted by molar-refractivity contribution is 0.416. The predicted octanol–water partition coefficient (Wildman–Crippen LogP) is 2.29. The van der Waals surface area contributed by atoms with Gasteiger partial charge in [-0.25, -0.2) is 5.10 Å². The minimum absolute atomic E-state index is 0.303. The molecule has 2 rings (SSSR count). The van der Waals surface area contributed by atoms with Crippen molar-refractivity contribution < 1.29 is 4.74 Å². The van der Waals surface area contributed by atoms with Gasteiger partial charge in [-0.1, -0.05) is 11.6 Å². The molecule has 1 aromatic carbocycles. The Balaban J connectivity index is 2.65. The molecular formula is C14H16ClN3O2. The third-order valence-corrected chi connectivity index (χ3v) is 3.17. The zero-order chi connectivity index (χ0) is 14.9. The van der Waals surface area contributed by atoms with E-state index in [0.29, 0.717) is 27.6 Å². The smallest absolute Gasteiger partial charge is 0.269 e. The molecule has 5 nitrogen and oxygen atoms in total. The summed E-state index contributed by atoms with van der Waals surface area (Å²) in [7, 11) is 1.56. The molecule has 0 saturated carbocycles. The van der Waals surface area contributed by atoms with Gasteiger partial charge in [0.1, 0.15) is 5.75 Å². The topological polar surface area (TPSA) is 81.0 Å². The molecular weight excluding hydrogens is 278 g/mol. The fourth-order valence-corrected chi connectivity index (χ4v) is 2.07. The number of nitrogens with zero attached hydrogens (tertiary/aromatic N) is 1. The number of rotatable bonds is 3. The molecule has 0 spiro atoms. The van der Waals surface area contributed by atoms with Crippen LogP contribution in [0.3, 0.4) is 0 Å². The molecule has 0 saturated heterocycles. The molecule has 3 N–H and O–H groups in total. The molecule has 0 bridgehead atoms. The lowest BCUT2D eigenvalue weighted by atomic mass is 9.96. The second-order valence-electron chi connectivity index (χ2n) is 5.06. The molecule has 0 atom stereocenters. The first-order valence-corrected chi connectivity index (χ1v) is 6.43. The quantitative estimate of drug-likeness (QED) is 0.910. The first-order valence-electron chi connectivity index (χ1n) is 6.06. The van der Waals surface area contributed by atoms with Crippen LogP contribution in [0.5, 0.6) is 5.75 Å². The number of halogens is 1. The van der Waals surface area contributed by atoms with E-state index in [-0.39, 0.29) is 5.56 Å². The number of aromatic amines is 1. The number of aromatic nitrogens is 2. The molecule has 20 heavy (non-hydrogen) atoms. The summed E-state index contributed by atoms with van der Waals surface area (Å²) < 4.78 is 5.29. The van der Waals surface area contributed by atoms with Crippen molar-refractivity contribution in [2.24, 2.45) is 5.73 Å². The molecule has 6 heteroatoms. The lowest BCUT2D eigenvalue weighted by Crippen LogP contribution is -2.35. The summed E-state index contributed by atoms with van der Waals surface area (Å²) >= 11 is 6.00. The van der Waals surface area contributed by atoms with Gasteiger partial charge in [0.05, 0.1) is 12.8 Å². The van der Waals surface area contributed by atoms with Gasteiger partial charge in [0.15, 0.2) is 0 Å². The number of benzene rings is 1. The number of hydrogen-bond donors (Lipinski definition) is 2. The number of nitrogens with one attached hydrogen (secondary N) is 1. The van der Waals surface area contributed by atoms with E-state index in [1.165, 1.54) is 0 Å². The SMILES string of the molecule is COc1ccc(Cl)cc1-c1cc(C(C)(C)N)c(=O)[nH]n1. The third kappa shape index (κ3) is 2.84. The van der Waals surface area contributed by atoms with Crippen LogP contribution in [-0.4, -0.2) is 17.3 Å². The Labute approximate surface area is 121 Å². The van der Waals surface area contributed by atoms with Crippen LogP contribution in [0.1, 0.15) is 19.4 Å². The number of nitrogens with two attached hydrogens (primary N) is 1. The van der Waals surface area contributed by atoms with Gasteiger partial charge < -0.3 is 10.5 Å². The van der Waals surface area contributed by atoms with Crippen LogP contribution in [0, 0.1) is 0 Å². The van der Waals surface area contributed by atoms with E-state index in [1.807, 2.05) is 0 Å². The van der Waals surface area contributed by atoms with Crippen LogP contribution in [0.25, 0.3) is 11.3 Å². The van der Waals surface area contributed by atoms with Crippen LogP contribution < -0.4 is 16.0 Å². The zero-order valence-electron chi connectivity index (χ0n) is 11.5. The molecule has 0 aliphatic carbocycles. The van der Waals surface area contributed by atoms with Crippen LogP contribution >= 0.6 is 11.6 Å². The van der Waals surface area contributed by atoms with Gasteiger partial charge in [0.2, 0.25) is 0 Å². The summed E-state index contributed by atoms with van der Waals surface area (Å²) in [4.78, 5) is 11.8. The average Bonchev–Trinajstić information content (AvgIpc) is 2.38. The Morgan fingerprint density at radius 3 is 2.65 bits per heavy atom. The van der Waals surface area contributed by atoms with Crippen molar-refractivity contribution in [3.63, 3.8) is 0 Å². The van der Waals surface area contributed by atoms with Crippen LogP contribution in [0.15, 0.2) is 29.1 Å². The molecule has 2 aromatic rings. The first kappa shape index (κ1) is 14.6. The van der Waals surface area contributed by atoms with Crippen LogP contribution in [0.4, 0.5) is 0 Å². The minimum Gasteiger partial charge on any atom is -0.496 e. The second kappa shape index (κ2) is 5.26. The molecule has 0 fully saturated rings. The summed E-state index contributed by atoms with van der Waals surface area (Å²) in [5.74, 6) is 0.620. The van der Waals surface area contributed by atoms with E-state index in [2.05, 4.69) is 10.2 Å². The fraction of sp³-hybridized carbons (Fsp3) is 0.286. The van der Waals surface area contributed by atoms with E-state index >= 15 is 0 Å². The Bertz CT molecular complexity index is 690. The van der Waals surface area contributed by atoms with Crippen molar-refractivity contribution in [1.82, 2.24) is 10.2 Å². The lowest BCUT2D eigenvalue weighted by Gasteiger charge is -2.18. The highest BCUT2D eigenvalue weighted by Gasteiger charge is 2.20. The van der Waals surface area contributed by atoms with E-state index in [1.54, 1.807) is 45.2 Å². The number of ether oxygens (including phenoxy) is 1. The first-order chi connectivity index (χ1) is 9.32. The summed E-state index contributed by atoms with van der Waals surface area (Å²) in [5.41, 5.74) is 6.63. The number of hydrogen-bond acceptors (Lipinski definition) is 4. The molecule has 1 heterocycles. The molecule has 106 valence electrons. The van der Waals surface area contributed by atoms with E-state index in [4.69, 9.17) is 22.1 Å². The van der Waals surface area contributed by atoms with Crippen LogP contribution in [-0.2, 0) is 5.54 Å². The molecule has 0 radical (unpaired) electrons. The van der Waals surface area contributed by atoms with Gasteiger partial charge in [0.25, 0.3) is 5.56 Å². The van der Waals surface area contributed by atoms with Crippen molar-refractivity contribution in [3.05, 3.63) is 45.2 Å². The molecule has 0 amide bonds. The van der Waals surface area contributed by atoms with Crippen LogP contribution in [0.2, 0.25) is 5.02 Å². The van der Waals surface area contributed by atoms with Gasteiger partial charge in [-0.3, -0.25) is 4.79 Å². The van der Waals surface area contributed by atoms with Gasteiger partial charge in [-0.2, -0.15) is 5.10 Å². The Kier molecular flexibility index (Phi) is 3.83. The van der Waals surface area contributed by atoms with Gasteiger partial charge in [-0.15, -0.1) is 0 Å². The maximum Gasteiger partial charge on any atom is 0.269 e. The van der Waals surface area contributed by atoms with Crippen molar-refractivity contribution in [1.29, 1.82) is 0 Å². The summed E-state index contributed by atoms with van der Waals surface area (Å²) in [5, 5.41) is 7.06. The van der Waals surface area contributed by atoms with Gasteiger partial charge in [-0.05, 0) is 38.1 Å². The highest BCUT2D eigenvalue weighted by molar-refractivity contribution is 6.30. The van der Waals surface area contributed by atoms with E-state index in [0.717, 1.165) is 0 Å². The summed E-state index contributed by atoms with van der Waals surface area (Å²) in [6.07, 6.45) is 0. The molecule has 0 unspecified atom stereocenters. The highest BCUT2D eigenvalue weighted by Crippen LogP contribution is 2.31. The van der Waals surface area contributed by atoms with Gasteiger partial charge in [0, 0.05) is 21.7 Å². The van der Waals surface area contributed by atoms with Crippen molar-refractivity contribution in [2.75, 3.05) is 7.11 Å². The second-order valence-corrected chi connectivity index (χ2v) is 5.50. The molecule has 0 aliphatic rings. The zero-order valence-corrected chi connectivity index (χ0v) is 12.3. The van der Waals surface area contributed by atoms with Gasteiger partial charge >= 0.3 is 0 Å². The maximum absolute atomic E-state index is 11.8. The summed E-state index contributed by atoms with van der Waals surface area (Å²) in [6, 6.07) is 6.86. The highest BCUT2D eigenvalue weighted by atomic mass is 35.5. The number of H-pyrrole nitrogens is 1.